The summed E-state index contributed by atoms with van der Waals surface area (Å²) >= 11 is 0. The van der Waals surface area contributed by atoms with Gasteiger partial charge in [0.2, 0.25) is 0 Å². The van der Waals surface area contributed by atoms with Crippen LogP contribution in [0.1, 0.15) is 5.56 Å². The van der Waals surface area contributed by atoms with Crippen molar-refractivity contribution in [3.05, 3.63) is 42.4 Å². The van der Waals surface area contributed by atoms with Crippen LogP contribution >= 0.6 is 0 Å². The van der Waals surface area contributed by atoms with Gasteiger partial charge in [-0.15, -0.1) is 0 Å². The molecule has 0 amide bonds. The van der Waals surface area contributed by atoms with Crippen LogP contribution in [-0.2, 0) is 6.54 Å². The fourth-order valence-corrected chi connectivity index (χ4v) is 2.29. The summed E-state index contributed by atoms with van der Waals surface area (Å²) in [5.74, 6) is 2.23. The van der Waals surface area contributed by atoms with Crippen LogP contribution < -0.4 is 14.8 Å². The van der Waals surface area contributed by atoms with E-state index < -0.39 is 0 Å². The van der Waals surface area contributed by atoms with Crippen LogP contribution in [0.4, 0.5) is 5.82 Å². The zero-order chi connectivity index (χ0) is 14.7. The Morgan fingerprint density at radius 1 is 1.14 bits per heavy atom. The number of hydrogen-bond acceptors (Lipinski definition) is 5. The predicted octanol–water partition coefficient (Wildman–Crippen LogP) is 2.59. The van der Waals surface area contributed by atoms with E-state index in [2.05, 4.69) is 20.3 Å². The SMILES string of the molecule is COc1cccc(CNc2ncnc3[nH]ccc23)c1OC. The largest absolute Gasteiger partial charge is 0.493 e. The standard InChI is InChI=1S/C15H16N4O2/c1-20-12-5-3-4-10(13(12)21-2)8-17-15-11-6-7-16-14(11)18-9-19-15/h3-7,9H,8H2,1-2H3,(H2,16,17,18,19). The molecule has 0 atom stereocenters. The second kappa shape index (κ2) is 5.70. The molecule has 0 saturated heterocycles. The third-order valence-electron chi connectivity index (χ3n) is 3.28. The van der Waals surface area contributed by atoms with Crippen molar-refractivity contribution in [2.45, 2.75) is 6.54 Å². The van der Waals surface area contributed by atoms with Gasteiger partial charge in [-0.2, -0.15) is 0 Å². The fraction of sp³-hybridized carbons (Fsp3) is 0.200. The van der Waals surface area contributed by atoms with Crippen molar-refractivity contribution in [3.63, 3.8) is 0 Å². The van der Waals surface area contributed by atoms with E-state index in [-0.39, 0.29) is 0 Å². The first-order valence-corrected chi connectivity index (χ1v) is 6.55. The first kappa shape index (κ1) is 13.2. The molecule has 0 radical (unpaired) electrons. The molecule has 0 saturated carbocycles. The van der Waals surface area contributed by atoms with Crippen molar-refractivity contribution in [1.82, 2.24) is 15.0 Å². The van der Waals surface area contributed by atoms with Gasteiger partial charge in [0.05, 0.1) is 19.6 Å². The summed E-state index contributed by atoms with van der Waals surface area (Å²) in [7, 11) is 3.26. The minimum Gasteiger partial charge on any atom is -0.493 e. The molecular weight excluding hydrogens is 268 g/mol. The van der Waals surface area contributed by atoms with Crippen molar-refractivity contribution in [2.24, 2.45) is 0 Å². The molecule has 1 aromatic carbocycles. The molecule has 0 aliphatic carbocycles. The number of hydrogen-bond donors (Lipinski definition) is 2. The average molecular weight is 284 g/mol. The molecule has 6 heteroatoms. The monoisotopic (exact) mass is 284 g/mol. The first-order valence-electron chi connectivity index (χ1n) is 6.55. The highest BCUT2D eigenvalue weighted by Crippen LogP contribution is 2.31. The average Bonchev–Trinajstić information content (AvgIpc) is 3.01. The van der Waals surface area contributed by atoms with Gasteiger partial charge in [-0.3, -0.25) is 0 Å². The summed E-state index contributed by atoms with van der Waals surface area (Å²) in [6.07, 6.45) is 3.38. The highest BCUT2D eigenvalue weighted by atomic mass is 16.5. The molecular formula is C15H16N4O2. The smallest absolute Gasteiger partial charge is 0.165 e. The maximum atomic E-state index is 5.42. The number of fused-ring (bicyclic) bond motifs is 1. The Hall–Kier alpha value is -2.76. The van der Waals surface area contributed by atoms with Gasteiger partial charge >= 0.3 is 0 Å². The third kappa shape index (κ3) is 2.47. The van der Waals surface area contributed by atoms with Crippen LogP contribution in [0.5, 0.6) is 11.5 Å². The number of para-hydroxylation sites is 1. The number of nitrogens with zero attached hydrogens (tertiary/aromatic N) is 2. The van der Waals surface area contributed by atoms with E-state index >= 15 is 0 Å². The molecule has 0 bridgehead atoms. The van der Waals surface area contributed by atoms with E-state index in [4.69, 9.17) is 9.47 Å². The fourth-order valence-electron chi connectivity index (χ4n) is 2.29. The van der Waals surface area contributed by atoms with Crippen molar-refractivity contribution in [3.8, 4) is 11.5 Å². The summed E-state index contributed by atoms with van der Waals surface area (Å²) in [4.78, 5) is 11.5. The van der Waals surface area contributed by atoms with Gasteiger partial charge in [0.15, 0.2) is 11.5 Å². The lowest BCUT2D eigenvalue weighted by molar-refractivity contribution is 0.352. The van der Waals surface area contributed by atoms with Crippen LogP contribution in [0.25, 0.3) is 11.0 Å². The molecule has 0 aliphatic heterocycles. The minimum absolute atomic E-state index is 0.581. The zero-order valence-electron chi connectivity index (χ0n) is 11.9. The Labute approximate surface area is 122 Å². The van der Waals surface area contributed by atoms with Crippen LogP contribution in [0.15, 0.2) is 36.8 Å². The highest BCUT2D eigenvalue weighted by Gasteiger charge is 2.10. The molecule has 2 heterocycles. The van der Waals surface area contributed by atoms with E-state index in [0.717, 1.165) is 28.2 Å². The maximum Gasteiger partial charge on any atom is 0.165 e. The number of benzene rings is 1. The summed E-state index contributed by atoms with van der Waals surface area (Å²) in [6, 6.07) is 7.74. The van der Waals surface area contributed by atoms with Crippen molar-refractivity contribution in [2.75, 3.05) is 19.5 Å². The number of ether oxygens (including phenoxy) is 2. The van der Waals surface area contributed by atoms with E-state index in [1.54, 1.807) is 14.2 Å². The highest BCUT2D eigenvalue weighted by molar-refractivity contribution is 5.86. The number of anilines is 1. The molecule has 6 nitrogen and oxygen atoms in total. The van der Waals surface area contributed by atoms with Crippen molar-refractivity contribution in [1.29, 1.82) is 0 Å². The molecule has 0 aliphatic rings. The molecule has 2 N–H and O–H groups in total. The van der Waals surface area contributed by atoms with Crippen molar-refractivity contribution < 1.29 is 9.47 Å². The number of methoxy groups -OCH3 is 2. The second-order valence-corrected chi connectivity index (χ2v) is 4.47. The lowest BCUT2D eigenvalue weighted by Gasteiger charge is -2.13. The Balaban J connectivity index is 1.86. The Bertz CT molecular complexity index is 754. The molecule has 3 rings (SSSR count). The van der Waals surface area contributed by atoms with Crippen LogP contribution in [-0.4, -0.2) is 29.2 Å². The summed E-state index contributed by atoms with van der Waals surface area (Å²) in [5.41, 5.74) is 1.81. The lowest BCUT2D eigenvalue weighted by Crippen LogP contribution is -2.04. The number of aromatic nitrogens is 3. The van der Waals surface area contributed by atoms with Crippen LogP contribution in [0.3, 0.4) is 0 Å². The van der Waals surface area contributed by atoms with Crippen LogP contribution in [0.2, 0.25) is 0 Å². The van der Waals surface area contributed by atoms with Gasteiger partial charge in [0.25, 0.3) is 0 Å². The topological polar surface area (TPSA) is 72.1 Å². The second-order valence-electron chi connectivity index (χ2n) is 4.47. The van der Waals surface area contributed by atoms with Gasteiger partial charge in [-0.05, 0) is 12.1 Å². The predicted molar refractivity (Wildman–Crippen MR) is 80.8 cm³/mol. The maximum absolute atomic E-state index is 5.42. The summed E-state index contributed by atoms with van der Waals surface area (Å²) in [5, 5.41) is 4.27. The molecule has 3 aromatic rings. The van der Waals surface area contributed by atoms with Gasteiger partial charge in [0.1, 0.15) is 17.8 Å². The lowest BCUT2D eigenvalue weighted by atomic mass is 10.2. The zero-order valence-corrected chi connectivity index (χ0v) is 11.9. The molecule has 108 valence electrons. The Kier molecular flexibility index (Phi) is 3.59. The summed E-state index contributed by atoms with van der Waals surface area (Å²) in [6.45, 7) is 0.581. The normalized spacial score (nSPS) is 10.6. The molecule has 2 aromatic heterocycles. The quantitative estimate of drug-likeness (QED) is 0.753. The van der Waals surface area contributed by atoms with E-state index in [1.165, 1.54) is 6.33 Å². The third-order valence-corrected chi connectivity index (χ3v) is 3.28. The van der Waals surface area contributed by atoms with Gasteiger partial charge in [-0.1, -0.05) is 12.1 Å². The first-order chi connectivity index (χ1) is 10.3. The van der Waals surface area contributed by atoms with E-state index in [9.17, 15) is 0 Å². The van der Waals surface area contributed by atoms with Crippen LogP contribution in [0, 0.1) is 0 Å². The van der Waals surface area contributed by atoms with E-state index in [0.29, 0.717) is 12.3 Å². The van der Waals surface area contributed by atoms with Gasteiger partial charge in [0, 0.05) is 18.3 Å². The molecule has 0 spiro atoms. The molecule has 0 unspecified atom stereocenters. The number of rotatable bonds is 5. The number of nitrogens with one attached hydrogen (secondary N) is 2. The molecule has 0 fully saturated rings. The van der Waals surface area contributed by atoms with Crippen molar-refractivity contribution >= 4 is 16.9 Å². The Morgan fingerprint density at radius 2 is 2.05 bits per heavy atom. The number of H-pyrrole nitrogens is 1. The number of aromatic amines is 1. The minimum atomic E-state index is 0.581. The van der Waals surface area contributed by atoms with Gasteiger partial charge in [-0.25, -0.2) is 9.97 Å². The van der Waals surface area contributed by atoms with E-state index in [1.807, 2.05) is 30.5 Å². The van der Waals surface area contributed by atoms with Gasteiger partial charge < -0.3 is 19.8 Å². The summed E-state index contributed by atoms with van der Waals surface area (Å²) < 4.78 is 10.7. The molecule has 21 heavy (non-hydrogen) atoms. The Morgan fingerprint density at radius 3 is 2.86 bits per heavy atom.